The predicted molar refractivity (Wildman–Crippen MR) is 175 cm³/mol. The largest absolute Gasteiger partial charge is 0.497 e. The highest BCUT2D eigenvalue weighted by molar-refractivity contribution is 6.88. The molecule has 11 nitrogen and oxygen atoms in total. The van der Waals surface area contributed by atoms with E-state index in [4.69, 9.17) is 9.47 Å². The first-order valence-corrected chi connectivity index (χ1v) is 18.7. The van der Waals surface area contributed by atoms with Crippen LogP contribution in [0.1, 0.15) is 22.9 Å². The van der Waals surface area contributed by atoms with E-state index in [1.54, 1.807) is 30.1 Å². The van der Waals surface area contributed by atoms with Crippen LogP contribution in [0.15, 0.2) is 79.1 Å². The number of anilines is 1. The third-order valence-electron chi connectivity index (χ3n) is 8.04. The van der Waals surface area contributed by atoms with Gasteiger partial charge in [-0.1, -0.05) is 61.3 Å². The van der Waals surface area contributed by atoms with Gasteiger partial charge in [-0.25, -0.2) is 13.9 Å². The van der Waals surface area contributed by atoms with Crippen molar-refractivity contribution in [2.45, 2.75) is 51.3 Å². The number of amides is 1. The van der Waals surface area contributed by atoms with Gasteiger partial charge in [0.2, 0.25) is 0 Å². The molecule has 5 aromatic rings. The normalized spacial score (nSPS) is 15.6. The van der Waals surface area contributed by atoms with Crippen molar-refractivity contribution in [1.29, 1.82) is 0 Å². The highest BCUT2D eigenvalue weighted by Crippen LogP contribution is 2.30. The molecule has 0 bridgehead atoms. The first-order valence-electron chi connectivity index (χ1n) is 15.2. The molecule has 46 heavy (non-hydrogen) atoms. The van der Waals surface area contributed by atoms with Crippen molar-refractivity contribution in [3.63, 3.8) is 0 Å². The van der Waals surface area contributed by atoms with Crippen LogP contribution in [0.5, 0.6) is 5.75 Å². The van der Waals surface area contributed by atoms with Gasteiger partial charge in [0.15, 0.2) is 0 Å². The SMILES string of the molecule is COc1ccc(CC(NCc2ccc(-c3ccc(N4C[C@H](Cn5cc([Si](C)(C)C)nn5)OC4=O)cc3F)cc2)c2cn[nH]n2)cc1. The highest BCUT2D eigenvalue weighted by Gasteiger charge is 2.33. The predicted octanol–water partition coefficient (Wildman–Crippen LogP) is 4.86. The van der Waals surface area contributed by atoms with Gasteiger partial charge in [-0.15, -0.1) is 5.10 Å². The number of carbonyl (C=O) groups excluding carboxylic acids is 1. The summed E-state index contributed by atoms with van der Waals surface area (Å²) in [6, 6.07) is 20.5. The maximum atomic E-state index is 15.4. The summed E-state index contributed by atoms with van der Waals surface area (Å²) in [5, 5.41) is 24.0. The van der Waals surface area contributed by atoms with Crippen molar-refractivity contribution < 1.29 is 18.7 Å². The number of aromatic nitrogens is 6. The summed E-state index contributed by atoms with van der Waals surface area (Å²) in [6.07, 6.45) is 3.45. The van der Waals surface area contributed by atoms with Gasteiger partial charge in [0.05, 0.1) is 49.1 Å². The maximum Gasteiger partial charge on any atom is 0.414 e. The lowest BCUT2D eigenvalue weighted by atomic mass is 10.0. The fourth-order valence-electron chi connectivity index (χ4n) is 5.37. The number of H-pyrrole nitrogens is 1. The van der Waals surface area contributed by atoms with E-state index in [-0.39, 0.29) is 6.04 Å². The van der Waals surface area contributed by atoms with E-state index in [1.165, 1.54) is 11.0 Å². The third-order valence-corrected chi connectivity index (χ3v) is 9.81. The molecule has 0 aliphatic carbocycles. The van der Waals surface area contributed by atoms with E-state index in [2.05, 4.69) is 50.7 Å². The van der Waals surface area contributed by atoms with Crippen LogP contribution in [0, 0.1) is 5.82 Å². The van der Waals surface area contributed by atoms with Gasteiger partial charge >= 0.3 is 6.09 Å². The number of benzene rings is 3. The van der Waals surface area contributed by atoms with Crippen LogP contribution in [0.2, 0.25) is 19.6 Å². The minimum atomic E-state index is -1.59. The number of hydrogen-bond acceptors (Lipinski definition) is 8. The van der Waals surface area contributed by atoms with E-state index in [1.807, 2.05) is 54.7 Å². The lowest BCUT2D eigenvalue weighted by Gasteiger charge is -2.17. The van der Waals surface area contributed by atoms with Gasteiger partial charge < -0.3 is 14.8 Å². The molecular formula is C33H37FN8O3Si. The Balaban J connectivity index is 1.08. The molecular weight excluding hydrogens is 604 g/mol. The van der Waals surface area contributed by atoms with Gasteiger partial charge in [-0.2, -0.15) is 15.4 Å². The molecule has 0 radical (unpaired) electrons. The van der Waals surface area contributed by atoms with Crippen LogP contribution in [0.25, 0.3) is 11.1 Å². The van der Waals surface area contributed by atoms with Crippen molar-refractivity contribution in [2.24, 2.45) is 0 Å². The summed E-state index contributed by atoms with van der Waals surface area (Å²) >= 11 is 0. The fourth-order valence-corrected chi connectivity index (χ4v) is 6.25. The first-order chi connectivity index (χ1) is 22.2. The maximum absolute atomic E-state index is 15.4. The standard InChI is InChI=1S/C33H37FN8O3Si/c1-44-26-12-7-22(8-13-26)15-30(31-18-36-39-37-31)35-17-23-5-9-24(10-6-23)28-14-11-25(16-29(28)34)42-20-27(45-33(42)43)19-41-21-32(38-40-41)46(2,3)4/h5-14,16,18,21,27,30,35H,15,17,19-20H2,1-4H3,(H,36,37,39)/t27-,30?/m0/s1. The summed E-state index contributed by atoms with van der Waals surface area (Å²) in [7, 11) is 0.0564. The zero-order chi connectivity index (χ0) is 32.3. The van der Waals surface area contributed by atoms with Crippen LogP contribution in [-0.4, -0.2) is 64.3 Å². The Bertz CT molecular complexity index is 1770. The number of hydrogen-bond donors (Lipinski definition) is 2. The number of cyclic esters (lactones) is 1. The highest BCUT2D eigenvalue weighted by atomic mass is 28.3. The van der Waals surface area contributed by atoms with Gasteiger partial charge in [0, 0.05) is 18.3 Å². The van der Waals surface area contributed by atoms with E-state index in [9.17, 15) is 4.79 Å². The van der Waals surface area contributed by atoms with E-state index in [0.29, 0.717) is 30.9 Å². The topological polar surface area (TPSA) is 123 Å². The molecule has 2 aromatic heterocycles. The number of halogens is 1. The zero-order valence-electron chi connectivity index (χ0n) is 26.3. The second kappa shape index (κ2) is 13.2. The first kappa shape index (κ1) is 31.1. The number of nitrogens with one attached hydrogen (secondary N) is 2. The minimum absolute atomic E-state index is 0.0625. The molecule has 3 heterocycles. The average Bonchev–Trinajstić information content (AvgIpc) is 3.82. The molecule has 0 spiro atoms. The smallest absolute Gasteiger partial charge is 0.414 e. The Morgan fingerprint density at radius 1 is 1.09 bits per heavy atom. The molecule has 6 rings (SSSR count). The zero-order valence-corrected chi connectivity index (χ0v) is 27.3. The molecule has 238 valence electrons. The number of ether oxygens (including phenoxy) is 2. The molecule has 2 N–H and O–H groups in total. The van der Waals surface area contributed by atoms with Gasteiger partial charge in [0.1, 0.15) is 25.7 Å². The van der Waals surface area contributed by atoms with Gasteiger partial charge in [-0.05, 0) is 53.4 Å². The van der Waals surface area contributed by atoms with Crippen LogP contribution < -0.4 is 20.3 Å². The second-order valence-corrected chi connectivity index (χ2v) is 17.4. The summed E-state index contributed by atoms with van der Waals surface area (Å²) in [5.74, 6) is 0.393. The Morgan fingerprint density at radius 3 is 2.50 bits per heavy atom. The quantitative estimate of drug-likeness (QED) is 0.186. The Morgan fingerprint density at radius 2 is 1.85 bits per heavy atom. The molecule has 1 amide bonds. The van der Waals surface area contributed by atoms with Crippen molar-refractivity contribution in [2.75, 3.05) is 18.6 Å². The third kappa shape index (κ3) is 7.16. The van der Waals surface area contributed by atoms with Crippen molar-refractivity contribution in [3.05, 3.63) is 102 Å². The number of aromatic amines is 1. The molecule has 1 fully saturated rings. The lowest BCUT2D eigenvalue weighted by molar-refractivity contribution is 0.129. The Hall–Kier alpha value is -4.88. The monoisotopic (exact) mass is 640 g/mol. The Kier molecular flexibility index (Phi) is 8.95. The molecule has 0 saturated carbocycles. The minimum Gasteiger partial charge on any atom is -0.497 e. The average molecular weight is 641 g/mol. The number of methoxy groups -OCH3 is 1. The number of nitrogens with zero attached hydrogens (tertiary/aromatic N) is 6. The van der Waals surface area contributed by atoms with Crippen LogP contribution >= 0.6 is 0 Å². The molecule has 1 aliphatic rings. The molecule has 13 heteroatoms. The number of rotatable bonds is 12. The summed E-state index contributed by atoms with van der Waals surface area (Å²) in [5.41, 5.74) is 4.64. The van der Waals surface area contributed by atoms with Gasteiger partial charge in [-0.3, -0.25) is 4.90 Å². The van der Waals surface area contributed by atoms with E-state index < -0.39 is 26.1 Å². The molecule has 1 aliphatic heterocycles. The van der Waals surface area contributed by atoms with Crippen molar-refractivity contribution in [3.8, 4) is 16.9 Å². The molecule has 3 aromatic carbocycles. The molecule has 1 unspecified atom stereocenters. The lowest BCUT2D eigenvalue weighted by Crippen LogP contribution is -2.38. The van der Waals surface area contributed by atoms with Crippen molar-refractivity contribution >= 4 is 25.2 Å². The fraction of sp³-hybridized carbons (Fsp3) is 0.303. The number of carbonyl (C=O) groups is 1. The van der Waals surface area contributed by atoms with E-state index in [0.717, 1.165) is 39.9 Å². The Labute approximate surface area is 267 Å². The van der Waals surface area contributed by atoms with Crippen molar-refractivity contribution in [1.82, 2.24) is 35.7 Å². The van der Waals surface area contributed by atoms with Crippen LogP contribution in [0.3, 0.4) is 0 Å². The molecule has 2 atom stereocenters. The summed E-state index contributed by atoms with van der Waals surface area (Å²) in [4.78, 5) is 14.1. The van der Waals surface area contributed by atoms with Crippen LogP contribution in [-0.2, 0) is 24.2 Å². The van der Waals surface area contributed by atoms with E-state index >= 15 is 4.39 Å². The van der Waals surface area contributed by atoms with Crippen LogP contribution in [0.4, 0.5) is 14.9 Å². The summed E-state index contributed by atoms with van der Waals surface area (Å²) in [6.45, 7) is 7.88. The summed E-state index contributed by atoms with van der Waals surface area (Å²) < 4.78 is 28.0. The molecule has 1 saturated heterocycles. The second-order valence-electron chi connectivity index (χ2n) is 12.4. The van der Waals surface area contributed by atoms with Gasteiger partial charge in [0.25, 0.3) is 0 Å².